The van der Waals surface area contributed by atoms with Gasteiger partial charge in [-0.1, -0.05) is 18.5 Å². The van der Waals surface area contributed by atoms with E-state index in [-0.39, 0.29) is 12.5 Å². The van der Waals surface area contributed by atoms with Crippen LogP contribution in [-0.4, -0.2) is 23.4 Å². The average Bonchev–Trinajstić information content (AvgIpc) is 2.54. The summed E-state index contributed by atoms with van der Waals surface area (Å²) in [6.45, 7) is 1.98. The highest BCUT2D eigenvalue weighted by atomic mass is 35.5. The van der Waals surface area contributed by atoms with Gasteiger partial charge in [0.2, 0.25) is 5.91 Å². The number of thioether (sulfide) groups is 1. The molecular formula is C12H14ClNO2S. The maximum atomic E-state index is 12.2. The molecule has 1 aliphatic rings. The van der Waals surface area contributed by atoms with Gasteiger partial charge in [-0.05, 0) is 30.4 Å². The summed E-state index contributed by atoms with van der Waals surface area (Å²) >= 11 is 7.53. The summed E-state index contributed by atoms with van der Waals surface area (Å²) in [5.41, 5.74) is 1.68. The molecule has 3 nitrogen and oxygen atoms in total. The molecule has 0 aromatic heterocycles. The number of benzene rings is 1. The summed E-state index contributed by atoms with van der Waals surface area (Å²) in [6, 6.07) is 5.38. The number of aliphatic hydroxyl groups is 1. The summed E-state index contributed by atoms with van der Waals surface area (Å²) in [4.78, 5) is 12.2. The molecule has 17 heavy (non-hydrogen) atoms. The molecule has 5 heteroatoms. The fourth-order valence-corrected chi connectivity index (χ4v) is 3.58. The predicted molar refractivity (Wildman–Crippen MR) is 71.6 cm³/mol. The summed E-state index contributed by atoms with van der Waals surface area (Å²) in [5.74, 6) is 0.745. The maximum Gasteiger partial charge on any atom is 0.245 e. The Hall–Kier alpha value is -0.710. The molecule has 1 aromatic rings. The van der Waals surface area contributed by atoms with Crippen molar-refractivity contribution in [2.45, 2.75) is 18.1 Å². The van der Waals surface area contributed by atoms with E-state index in [9.17, 15) is 9.90 Å². The lowest BCUT2D eigenvalue weighted by molar-refractivity contribution is -0.118. The molecule has 0 saturated carbocycles. The zero-order chi connectivity index (χ0) is 12.5. The largest absolute Gasteiger partial charge is 0.396 e. The number of carbonyl (C=O) groups excluding carboxylic acids is 1. The average molecular weight is 272 g/mol. The minimum atomic E-state index is -0.691. The fraction of sp³-hybridized carbons (Fsp3) is 0.417. The number of rotatable bonds is 4. The third-order valence-corrected chi connectivity index (χ3v) is 4.51. The van der Waals surface area contributed by atoms with Crippen molar-refractivity contribution in [2.75, 3.05) is 17.7 Å². The van der Waals surface area contributed by atoms with Crippen molar-refractivity contribution in [3.05, 3.63) is 28.8 Å². The zero-order valence-electron chi connectivity index (χ0n) is 9.50. The quantitative estimate of drug-likeness (QED) is 0.885. The van der Waals surface area contributed by atoms with Gasteiger partial charge in [0.25, 0.3) is 0 Å². The minimum Gasteiger partial charge on any atom is -0.396 e. The van der Waals surface area contributed by atoms with E-state index in [1.165, 1.54) is 11.8 Å². The van der Waals surface area contributed by atoms with Crippen molar-refractivity contribution in [3.63, 3.8) is 0 Å². The van der Waals surface area contributed by atoms with Crippen LogP contribution >= 0.6 is 23.4 Å². The highest BCUT2D eigenvalue weighted by Crippen LogP contribution is 2.48. The van der Waals surface area contributed by atoms with Gasteiger partial charge in [-0.2, -0.15) is 0 Å². The van der Waals surface area contributed by atoms with Crippen molar-refractivity contribution in [2.24, 2.45) is 0 Å². The summed E-state index contributed by atoms with van der Waals surface area (Å²) < 4.78 is -0.691. The molecule has 1 aliphatic heterocycles. The van der Waals surface area contributed by atoms with Crippen LogP contribution < -0.4 is 5.32 Å². The lowest BCUT2D eigenvalue weighted by Gasteiger charge is -2.25. The molecule has 2 N–H and O–H groups in total. The van der Waals surface area contributed by atoms with Crippen molar-refractivity contribution in [1.82, 2.24) is 0 Å². The van der Waals surface area contributed by atoms with Crippen LogP contribution in [-0.2, 0) is 9.54 Å². The molecule has 1 amide bonds. The Morgan fingerprint density at radius 2 is 2.29 bits per heavy atom. The van der Waals surface area contributed by atoms with Crippen molar-refractivity contribution in [1.29, 1.82) is 0 Å². The van der Waals surface area contributed by atoms with Gasteiger partial charge in [-0.15, -0.1) is 11.8 Å². The monoisotopic (exact) mass is 271 g/mol. The molecule has 0 radical (unpaired) electrons. The van der Waals surface area contributed by atoms with E-state index in [2.05, 4.69) is 5.32 Å². The molecule has 1 atom stereocenters. The first kappa shape index (κ1) is 12.7. The number of amides is 1. The van der Waals surface area contributed by atoms with Crippen LogP contribution in [0.2, 0.25) is 5.02 Å². The molecule has 92 valence electrons. The molecule has 0 spiro atoms. The van der Waals surface area contributed by atoms with E-state index in [0.29, 0.717) is 11.4 Å². The van der Waals surface area contributed by atoms with Gasteiger partial charge < -0.3 is 10.4 Å². The second kappa shape index (κ2) is 4.88. The molecule has 0 fully saturated rings. The Bertz CT molecular complexity index is 444. The van der Waals surface area contributed by atoms with Crippen LogP contribution in [0.15, 0.2) is 18.2 Å². The fourth-order valence-electron chi connectivity index (χ4n) is 2.17. The van der Waals surface area contributed by atoms with Gasteiger partial charge in [0.1, 0.15) is 4.75 Å². The molecule has 0 saturated heterocycles. The Kier molecular flexibility index (Phi) is 3.66. The Morgan fingerprint density at radius 1 is 1.53 bits per heavy atom. The predicted octanol–water partition coefficient (Wildman–Crippen LogP) is 2.62. The van der Waals surface area contributed by atoms with E-state index in [4.69, 9.17) is 11.6 Å². The molecule has 1 aromatic carbocycles. The highest BCUT2D eigenvalue weighted by molar-refractivity contribution is 8.01. The third-order valence-electron chi connectivity index (χ3n) is 2.89. The van der Waals surface area contributed by atoms with E-state index < -0.39 is 4.75 Å². The number of anilines is 1. The van der Waals surface area contributed by atoms with Crippen LogP contribution in [0.3, 0.4) is 0 Å². The Labute approximate surface area is 110 Å². The number of carbonyl (C=O) groups is 1. The maximum absolute atomic E-state index is 12.2. The van der Waals surface area contributed by atoms with Gasteiger partial charge in [0.15, 0.2) is 0 Å². The number of fused-ring (bicyclic) bond motifs is 1. The molecule has 0 bridgehead atoms. The molecule has 1 heterocycles. The second-order valence-electron chi connectivity index (χ2n) is 3.88. The van der Waals surface area contributed by atoms with Gasteiger partial charge in [-0.25, -0.2) is 0 Å². The first-order chi connectivity index (χ1) is 8.14. The molecule has 0 aliphatic carbocycles. The Morgan fingerprint density at radius 3 is 2.94 bits per heavy atom. The number of hydrogen-bond acceptors (Lipinski definition) is 3. The van der Waals surface area contributed by atoms with Gasteiger partial charge in [0.05, 0.1) is 0 Å². The second-order valence-corrected chi connectivity index (χ2v) is 5.88. The Balaban J connectivity index is 2.52. The molecule has 1 unspecified atom stereocenters. The number of hydrogen-bond donors (Lipinski definition) is 2. The van der Waals surface area contributed by atoms with Crippen molar-refractivity contribution < 1.29 is 9.90 Å². The normalized spacial score (nSPS) is 22.4. The summed E-state index contributed by atoms with van der Waals surface area (Å²) in [5, 5.41) is 12.7. The highest BCUT2D eigenvalue weighted by Gasteiger charge is 2.46. The summed E-state index contributed by atoms with van der Waals surface area (Å²) in [7, 11) is 0. The number of halogens is 1. The zero-order valence-corrected chi connectivity index (χ0v) is 11.1. The topological polar surface area (TPSA) is 49.3 Å². The number of aliphatic hydroxyl groups excluding tert-OH is 1. The van der Waals surface area contributed by atoms with Gasteiger partial charge >= 0.3 is 0 Å². The first-order valence-corrected chi connectivity index (χ1v) is 6.86. The van der Waals surface area contributed by atoms with E-state index in [0.717, 1.165) is 17.0 Å². The van der Waals surface area contributed by atoms with Crippen LogP contribution in [0.5, 0.6) is 0 Å². The van der Waals surface area contributed by atoms with E-state index in [1.807, 2.05) is 19.1 Å². The third kappa shape index (κ3) is 2.05. The van der Waals surface area contributed by atoms with Crippen LogP contribution in [0.1, 0.15) is 18.9 Å². The minimum absolute atomic E-state index is 0.0215. The smallest absolute Gasteiger partial charge is 0.245 e. The van der Waals surface area contributed by atoms with Crippen molar-refractivity contribution >= 4 is 35.0 Å². The van der Waals surface area contributed by atoms with E-state index >= 15 is 0 Å². The lowest BCUT2D eigenvalue weighted by atomic mass is 9.96. The van der Waals surface area contributed by atoms with Crippen LogP contribution in [0, 0.1) is 0 Å². The SMILES string of the molecule is CCSC1(CCO)C(=O)Nc2ccc(Cl)cc21. The standard InChI is InChI=1S/C12H14ClNO2S/c1-2-17-12(5-6-15)9-7-8(13)3-4-10(9)14-11(12)16/h3-4,7,15H,2,5-6H2,1H3,(H,14,16). The number of nitrogens with one attached hydrogen (secondary N) is 1. The van der Waals surface area contributed by atoms with Crippen LogP contribution in [0.4, 0.5) is 5.69 Å². The van der Waals surface area contributed by atoms with Gasteiger partial charge in [-0.3, -0.25) is 4.79 Å². The van der Waals surface area contributed by atoms with Crippen molar-refractivity contribution in [3.8, 4) is 0 Å². The van der Waals surface area contributed by atoms with Crippen LogP contribution in [0.25, 0.3) is 0 Å². The summed E-state index contributed by atoms with van der Waals surface area (Å²) in [6.07, 6.45) is 0.407. The first-order valence-electron chi connectivity index (χ1n) is 5.50. The van der Waals surface area contributed by atoms with Gasteiger partial charge in [0, 0.05) is 22.9 Å². The molecular weight excluding hydrogens is 258 g/mol. The van der Waals surface area contributed by atoms with E-state index in [1.54, 1.807) is 6.07 Å². The lowest BCUT2D eigenvalue weighted by Crippen LogP contribution is -2.32. The molecule has 2 rings (SSSR count).